The molecule has 0 aliphatic carbocycles. The van der Waals surface area contributed by atoms with Crippen LogP contribution in [0.2, 0.25) is 0 Å². The van der Waals surface area contributed by atoms with Gasteiger partial charge < -0.3 is 65.1 Å². The smallest absolute Gasteiger partial charge is 0.220 e. The van der Waals surface area contributed by atoms with Crippen molar-refractivity contribution in [2.45, 2.75) is 389 Å². The number of rotatable bonds is 57. The predicted molar refractivity (Wildman–Crippen MR) is 328 cm³/mol. The minimum absolute atomic E-state index is 0.232. The molecule has 0 aromatic carbocycles. The van der Waals surface area contributed by atoms with E-state index >= 15 is 0 Å². The zero-order valence-electron chi connectivity index (χ0n) is 52.1. The van der Waals surface area contributed by atoms with Gasteiger partial charge in [-0.2, -0.15) is 0 Å². The second kappa shape index (κ2) is 53.0. The highest BCUT2D eigenvalue weighted by atomic mass is 16.7. The first kappa shape index (κ1) is 75.8. The first-order valence-electron chi connectivity index (χ1n) is 34.4. The van der Waals surface area contributed by atoms with Crippen molar-refractivity contribution in [1.82, 2.24) is 5.32 Å². The van der Waals surface area contributed by atoms with Crippen molar-refractivity contribution < 1.29 is 64.6 Å². The molecule has 0 saturated carbocycles. The molecule has 480 valence electrons. The first-order valence-corrected chi connectivity index (χ1v) is 34.4. The van der Waals surface area contributed by atoms with Crippen molar-refractivity contribution in [3.8, 4) is 0 Å². The molecule has 14 nitrogen and oxygen atoms in total. The normalized spacial score (nSPS) is 24.1. The van der Waals surface area contributed by atoms with Gasteiger partial charge in [0, 0.05) is 6.42 Å². The minimum Gasteiger partial charge on any atom is -0.394 e. The summed E-state index contributed by atoms with van der Waals surface area (Å²) in [5.74, 6) is -0.232. The van der Waals surface area contributed by atoms with E-state index in [9.17, 15) is 45.6 Å². The topological polar surface area (TPSA) is 228 Å². The molecule has 2 rings (SSSR count). The van der Waals surface area contributed by atoms with Crippen LogP contribution in [-0.4, -0.2) is 140 Å². The molecule has 12 atom stereocenters. The second-order valence-electron chi connectivity index (χ2n) is 24.7. The van der Waals surface area contributed by atoms with Gasteiger partial charge in [0.1, 0.15) is 48.8 Å². The Morgan fingerprint density at radius 3 is 1.14 bits per heavy atom. The third-order valence-electron chi connectivity index (χ3n) is 17.2. The van der Waals surface area contributed by atoms with Gasteiger partial charge >= 0.3 is 0 Å². The third kappa shape index (κ3) is 37.8. The van der Waals surface area contributed by atoms with Crippen LogP contribution in [0.4, 0.5) is 0 Å². The zero-order chi connectivity index (χ0) is 58.8. The van der Waals surface area contributed by atoms with Gasteiger partial charge in [0.25, 0.3) is 0 Å². The van der Waals surface area contributed by atoms with Crippen LogP contribution < -0.4 is 5.32 Å². The molecule has 0 bridgehead atoms. The summed E-state index contributed by atoms with van der Waals surface area (Å²) in [6.45, 7) is 2.86. The maximum atomic E-state index is 13.3. The number of aliphatic hydroxyl groups is 8. The van der Waals surface area contributed by atoms with E-state index in [1.165, 1.54) is 250 Å². The number of nitrogens with one attached hydrogen (secondary N) is 1. The fraction of sp³-hybridized carbons (Fsp3) is 0.955. The monoisotopic (exact) mass is 1160 g/mol. The molecule has 2 aliphatic rings. The number of carbonyl (C=O) groups is 1. The van der Waals surface area contributed by atoms with Crippen LogP contribution in [0.25, 0.3) is 0 Å². The van der Waals surface area contributed by atoms with Crippen molar-refractivity contribution in [2.75, 3.05) is 19.8 Å². The molecular weight excluding hydrogens is 1030 g/mol. The first-order chi connectivity index (χ1) is 39.6. The van der Waals surface area contributed by atoms with Crippen LogP contribution >= 0.6 is 0 Å². The number of hydrogen-bond donors (Lipinski definition) is 9. The Hall–Kier alpha value is -1.27. The van der Waals surface area contributed by atoms with Crippen molar-refractivity contribution >= 4 is 5.91 Å². The lowest BCUT2D eigenvalue weighted by Crippen LogP contribution is -2.65. The maximum absolute atomic E-state index is 13.3. The number of aliphatic hydroxyl groups excluding tert-OH is 8. The molecule has 0 radical (unpaired) electrons. The molecule has 12 unspecified atom stereocenters. The SMILES string of the molecule is CCCCCCCCCCCCCCCCCCCCCCCCCCCC/C=C/C(O)C(COC1OC(CO)C(OC2OC(CO)C(O)C(O)C2O)C(O)C1O)NC(=O)CCCCCCCCCCCCCCCCCCCCC. The van der Waals surface area contributed by atoms with Crippen molar-refractivity contribution in [3.05, 3.63) is 12.2 Å². The van der Waals surface area contributed by atoms with E-state index in [2.05, 4.69) is 19.2 Å². The van der Waals surface area contributed by atoms with Crippen LogP contribution in [0.15, 0.2) is 12.2 Å². The summed E-state index contributed by atoms with van der Waals surface area (Å²) in [6, 6.07) is -0.911. The lowest BCUT2D eigenvalue weighted by molar-refractivity contribution is -0.359. The van der Waals surface area contributed by atoms with E-state index in [-0.39, 0.29) is 18.9 Å². The minimum atomic E-state index is -1.79. The third-order valence-corrected chi connectivity index (χ3v) is 17.2. The largest absolute Gasteiger partial charge is 0.394 e. The second-order valence-corrected chi connectivity index (χ2v) is 24.7. The summed E-state index contributed by atoms with van der Waals surface area (Å²) in [6.07, 6.45) is 46.9. The van der Waals surface area contributed by atoms with Gasteiger partial charge in [0.2, 0.25) is 5.91 Å². The molecule has 14 heteroatoms. The molecular formula is C67H129NO13. The summed E-state index contributed by atoms with van der Waals surface area (Å²) in [7, 11) is 0. The summed E-state index contributed by atoms with van der Waals surface area (Å²) in [4.78, 5) is 13.3. The molecule has 1 amide bonds. The zero-order valence-corrected chi connectivity index (χ0v) is 52.1. The number of amides is 1. The van der Waals surface area contributed by atoms with E-state index in [0.717, 1.165) is 38.5 Å². The average Bonchev–Trinajstić information content (AvgIpc) is 3.47. The summed E-state index contributed by atoms with van der Waals surface area (Å²) < 4.78 is 22.9. The summed E-state index contributed by atoms with van der Waals surface area (Å²) >= 11 is 0. The molecule has 0 spiro atoms. The quantitative estimate of drug-likeness (QED) is 0.0204. The number of hydrogen-bond acceptors (Lipinski definition) is 13. The van der Waals surface area contributed by atoms with E-state index < -0.39 is 86.8 Å². The number of allylic oxidation sites excluding steroid dienone is 1. The van der Waals surface area contributed by atoms with Gasteiger partial charge in [-0.3, -0.25) is 4.79 Å². The fourth-order valence-electron chi connectivity index (χ4n) is 11.7. The molecule has 2 saturated heterocycles. The highest BCUT2D eigenvalue weighted by Gasteiger charge is 2.51. The van der Waals surface area contributed by atoms with E-state index in [4.69, 9.17) is 18.9 Å². The van der Waals surface area contributed by atoms with Gasteiger partial charge in [-0.15, -0.1) is 0 Å². The molecule has 0 aromatic heterocycles. The molecule has 9 N–H and O–H groups in total. The Kier molecular flexibility index (Phi) is 49.6. The Morgan fingerprint density at radius 1 is 0.432 bits per heavy atom. The highest BCUT2D eigenvalue weighted by Crippen LogP contribution is 2.30. The van der Waals surface area contributed by atoms with Crippen molar-refractivity contribution in [1.29, 1.82) is 0 Å². The number of carbonyl (C=O) groups excluding carboxylic acids is 1. The summed E-state index contributed by atoms with van der Waals surface area (Å²) in [5.41, 5.74) is 0. The highest BCUT2D eigenvalue weighted by molar-refractivity contribution is 5.76. The van der Waals surface area contributed by atoms with Crippen LogP contribution in [0, 0.1) is 0 Å². The van der Waals surface area contributed by atoms with Crippen molar-refractivity contribution in [2.24, 2.45) is 0 Å². The average molecular weight is 1160 g/mol. The number of unbranched alkanes of at least 4 members (excludes halogenated alkanes) is 44. The van der Waals surface area contributed by atoms with Crippen LogP contribution in [0.3, 0.4) is 0 Å². The van der Waals surface area contributed by atoms with Crippen LogP contribution in [-0.2, 0) is 23.7 Å². The Balaban J connectivity index is 1.68. The van der Waals surface area contributed by atoms with E-state index in [1.807, 2.05) is 6.08 Å². The van der Waals surface area contributed by atoms with Crippen molar-refractivity contribution in [3.63, 3.8) is 0 Å². The Bertz CT molecular complexity index is 1410. The lowest BCUT2D eigenvalue weighted by Gasteiger charge is -2.46. The van der Waals surface area contributed by atoms with Gasteiger partial charge in [-0.1, -0.05) is 302 Å². The molecule has 0 aromatic rings. The Labute approximate surface area is 495 Å². The Morgan fingerprint density at radius 2 is 0.765 bits per heavy atom. The molecule has 2 aliphatic heterocycles. The summed E-state index contributed by atoms with van der Waals surface area (Å²) in [5, 5.41) is 87.4. The maximum Gasteiger partial charge on any atom is 0.220 e. The fourth-order valence-corrected chi connectivity index (χ4v) is 11.7. The van der Waals surface area contributed by atoms with Crippen LogP contribution in [0.5, 0.6) is 0 Å². The van der Waals surface area contributed by atoms with Crippen LogP contribution in [0.1, 0.15) is 316 Å². The van der Waals surface area contributed by atoms with Gasteiger partial charge in [0.05, 0.1) is 32.0 Å². The van der Waals surface area contributed by atoms with Gasteiger partial charge in [0.15, 0.2) is 12.6 Å². The predicted octanol–water partition coefficient (Wildman–Crippen LogP) is 13.4. The lowest BCUT2D eigenvalue weighted by atomic mass is 9.97. The van der Waals surface area contributed by atoms with Gasteiger partial charge in [-0.05, 0) is 19.3 Å². The van der Waals surface area contributed by atoms with E-state index in [1.54, 1.807) is 6.08 Å². The molecule has 2 heterocycles. The van der Waals surface area contributed by atoms with Gasteiger partial charge in [-0.25, -0.2) is 0 Å². The number of ether oxygens (including phenoxy) is 4. The molecule has 2 fully saturated rings. The standard InChI is InChI=1S/C67H129NO13/c1-3-5-7-9-11-13-15-17-19-21-23-24-25-26-27-28-29-30-31-33-34-36-38-40-42-44-46-48-50-56(71)55(68-59(72)51-49-47-45-43-41-39-37-35-32-22-20-18-16-14-12-10-8-6-4-2)54-78-66-64(77)62(75)65(58(53-70)80-66)81-67-63(76)61(74)60(73)57(52-69)79-67/h48,50,55-58,60-67,69-71,73-77H,3-47,49,51-54H2,1-2H3,(H,68,72)/b50-48+. The molecule has 81 heavy (non-hydrogen) atoms. The van der Waals surface area contributed by atoms with E-state index in [0.29, 0.717) is 6.42 Å².